The van der Waals surface area contributed by atoms with Gasteiger partial charge in [0.2, 0.25) is 0 Å². The molecule has 2 aromatic rings. The molecule has 2 rings (SSSR count). The fourth-order valence-electron chi connectivity index (χ4n) is 1.52. The highest BCUT2D eigenvalue weighted by molar-refractivity contribution is 6.12. The molecule has 2 heteroatoms. The third kappa shape index (κ3) is 2.99. The van der Waals surface area contributed by atoms with Gasteiger partial charge in [0.05, 0.1) is 0 Å². The van der Waals surface area contributed by atoms with E-state index >= 15 is 0 Å². The van der Waals surface area contributed by atoms with Gasteiger partial charge in [-0.25, -0.2) is 0 Å². The van der Waals surface area contributed by atoms with Gasteiger partial charge in [-0.05, 0) is 25.0 Å². The maximum absolute atomic E-state index is 8.99. The number of rotatable bonds is 1. The summed E-state index contributed by atoms with van der Waals surface area (Å²) in [6.45, 7) is 2.03. The second-order valence-electron chi connectivity index (χ2n) is 3.93. The molecule has 0 aliphatic heterocycles. The Morgan fingerprint density at radius 1 is 1.00 bits per heavy atom. The van der Waals surface area contributed by atoms with E-state index in [4.69, 9.17) is 5.21 Å². The van der Waals surface area contributed by atoms with E-state index in [0.717, 1.165) is 11.1 Å². The van der Waals surface area contributed by atoms with Gasteiger partial charge in [-0.1, -0.05) is 59.1 Å². The van der Waals surface area contributed by atoms with Crippen LogP contribution in [0, 0.1) is 18.8 Å². The van der Waals surface area contributed by atoms with E-state index < -0.39 is 0 Å². The molecule has 0 radical (unpaired) electrons. The predicted octanol–water partition coefficient (Wildman–Crippen LogP) is 3.23. The Balaban J connectivity index is 2.26. The molecule has 0 spiro atoms. The summed E-state index contributed by atoms with van der Waals surface area (Å²) < 4.78 is 0. The molecule has 18 heavy (non-hydrogen) atoms. The highest BCUT2D eigenvalue weighted by atomic mass is 16.4. The van der Waals surface area contributed by atoms with E-state index in [0.29, 0.717) is 5.71 Å². The van der Waals surface area contributed by atoms with Crippen LogP contribution in [-0.4, -0.2) is 10.9 Å². The van der Waals surface area contributed by atoms with E-state index in [9.17, 15) is 0 Å². The van der Waals surface area contributed by atoms with Gasteiger partial charge in [0.1, 0.15) is 0 Å². The van der Waals surface area contributed by atoms with Crippen LogP contribution in [0.3, 0.4) is 0 Å². The molecule has 0 aliphatic carbocycles. The number of hydrogen-bond acceptors (Lipinski definition) is 2. The quantitative estimate of drug-likeness (QED) is 0.350. The summed E-state index contributed by atoms with van der Waals surface area (Å²) in [6.07, 6.45) is 0. The van der Waals surface area contributed by atoms with Crippen molar-refractivity contribution in [2.45, 2.75) is 6.92 Å². The molecule has 0 heterocycles. The third-order valence-corrected chi connectivity index (χ3v) is 2.52. The molecule has 1 N–H and O–H groups in total. The topological polar surface area (TPSA) is 32.6 Å². The van der Waals surface area contributed by atoms with E-state index in [-0.39, 0.29) is 0 Å². The lowest BCUT2D eigenvalue weighted by Crippen LogP contribution is -1.96. The Bertz CT molecular complexity index is 601. The lowest BCUT2D eigenvalue weighted by atomic mass is 10.1. The molecule has 0 atom stereocenters. The SMILES string of the molecule is Cc1ccc(C#C/C(=N/O)c2ccccc2)cc1. The molecule has 0 saturated carbocycles. The van der Waals surface area contributed by atoms with Crippen LogP contribution < -0.4 is 0 Å². The standard InChI is InChI=1S/C16H13NO/c1-13-7-9-14(10-8-13)11-12-16(17-18)15-5-3-2-4-6-15/h2-10,18H,1H3/b17-16-. The average molecular weight is 235 g/mol. The maximum Gasteiger partial charge on any atom is 0.159 e. The van der Waals surface area contributed by atoms with Crippen LogP contribution >= 0.6 is 0 Å². The first-order valence-electron chi connectivity index (χ1n) is 5.66. The number of aryl methyl sites for hydroxylation is 1. The van der Waals surface area contributed by atoms with Crippen molar-refractivity contribution in [2.75, 3.05) is 0 Å². The molecule has 2 aromatic carbocycles. The van der Waals surface area contributed by atoms with Crippen molar-refractivity contribution in [3.05, 3.63) is 71.3 Å². The number of oxime groups is 1. The molecule has 0 fully saturated rings. The highest BCUT2D eigenvalue weighted by Gasteiger charge is 1.98. The van der Waals surface area contributed by atoms with Gasteiger partial charge in [0.25, 0.3) is 0 Å². The zero-order valence-corrected chi connectivity index (χ0v) is 10.1. The number of benzene rings is 2. The smallest absolute Gasteiger partial charge is 0.159 e. The molecular formula is C16H13NO. The molecule has 0 aliphatic rings. The van der Waals surface area contributed by atoms with Crippen molar-refractivity contribution < 1.29 is 5.21 Å². The van der Waals surface area contributed by atoms with Crippen molar-refractivity contribution in [1.82, 2.24) is 0 Å². The highest BCUT2D eigenvalue weighted by Crippen LogP contribution is 2.03. The van der Waals surface area contributed by atoms with Gasteiger partial charge in [0.15, 0.2) is 5.71 Å². The van der Waals surface area contributed by atoms with E-state index in [1.165, 1.54) is 5.56 Å². The zero-order chi connectivity index (χ0) is 12.8. The van der Waals surface area contributed by atoms with Gasteiger partial charge < -0.3 is 5.21 Å². The fourth-order valence-corrected chi connectivity index (χ4v) is 1.52. The van der Waals surface area contributed by atoms with Gasteiger partial charge in [-0.2, -0.15) is 0 Å². The van der Waals surface area contributed by atoms with Crippen molar-refractivity contribution in [2.24, 2.45) is 5.16 Å². The minimum Gasteiger partial charge on any atom is -0.410 e. The summed E-state index contributed by atoms with van der Waals surface area (Å²) in [6, 6.07) is 17.3. The van der Waals surface area contributed by atoms with E-state index in [1.807, 2.05) is 61.5 Å². The second kappa shape index (κ2) is 5.70. The van der Waals surface area contributed by atoms with Crippen LogP contribution in [0.5, 0.6) is 0 Å². The lowest BCUT2D eigenvalue weighted by molar-refractivity contribution is 0.320. The second-order valence-corrected chi connectivity index (χ2v) is 3.93. The van der Waals surface area contributed by atoms with Gasteiger partial charge in [0, 0.05) is 11.1 Å². The Labute approximate surface area is 107 Å². The van der Waals surface area contributed by atoms with Crippen molar-refractivity contribution >= 4 is 5.71 Å². The molecule has 0 bridgehead atoms. The number of hydrogen-bond donors (Lipinski definition) is 1. The summed E-state index contributed by atoms with van der Waals surface area (Å²) in [5.41, 5.74) is 3.27. The predicted molar refractivity (Wildman–Crippen MR) is 72.8 cm³/mol. The first-order chi connectivity index (χ1) is 8.79. The van der Waals surface area contributed by atoms with Crippen LogP contribution in [0.25, 0.3) is 0 Å². The van der Waals surface area contributed by atoms with Gasteiger partial charge >= 0.3 is 0 Å². The van der Waals surface area contributed by atoms with Crippen LogP contribution in [0.4, 0.5) is 0 Å². The van der Waals surface area contributed by atoms with Crippen LogP contribution in [0.1, 0.15) is 16.7 Å². The van der Waals surface area contributed by atoms with Gasteiger partial charge in [-0.15, -0.1) is 0 Å². The molecular weight excluding hydrogens is 222 g/mol. The normalized spacial score (nSPS) is 10.6. The Morgan fingerprint density at radius 2 is 1.67 bits per heavy atom. The van der Waals surface area contributed by atoms with Crippen molar-refractivity contribution in [1.29, 1.82) is 0 Å². The van der Waals surface area contributed by atoms with Crippen molar-refractivity contribution in [3.8, 4) is 11.8 Å². The Kier molecular flexibility index (Phi) is 3.78. The largest absolute Gasteiger partial charge is 0.410 e. The summed E-state index contributed by atoms with van der Waals surface area (Å²) in [7, 11) is 0. The molecule has 0 saturated heterocycles. The van der Waals surface area contributed by atoms with E-state index in [2.05, 4.69) is 17.0 Å². The van der Waals surface area contributed by atoms with Crippen LogP contribution in [-0.2, 0) is 0 Å². The first-order valence-corrected chi connectivity index (χ1v) is 5.66. The summed E-state index contributed by atoms with van der Waals surface area (Å²) in [5, 5.41) is 12.2. The average Bonchev–Trinajstić information content (AvgIpc) is 2.43. The first kappa shape index (κ1) is 11.9. The molecule has 2 nitrogen and oxygen atoms in total. The Hall–Kier alpha value is -2.53. The number of nitrogens with zero attached hydrogens (tertiary/aromatic N) is 1. The van der Waals surface area contributed by atoms with E-state index in [1.54, 1.807) is 0 Å². The lowest BCUT2D eigenvalue weighted by Gasteiger charge is -1.95. The molecule has 88 valence electrons. The molecule has 0 unspecified atom stereocenters. The fraction of sp³-hybridized carbons (Fsp3) is 0.0625. The summed E-state index contributed by atoms with van der Waals surface area (Å²) in [4.78, 5) is 0. The summed E-state index contributed by atoms with van der Waals surface area (Å²) in [5.74, 6) is 5.85. The van der Waals surface area contributed by atoms with Crippen molar-refractivity contribution in [3.63, 3.8) is 0 Å². The molecule has 0 aromatic heterocycles. The maximum atomic E-state index is 8.99. The van der Waals surface area contributed by atoms with Gasteiger partial charge in [-0.3, -0.25) is 0 Å². The molecule has 0 amide bonds. The van der Waals surface area contributed by atoms with Crippen LogP contribution in [0.2, 0.25) is 0 Å². The summed E-state index contributed by atoms with van der Waals surface area (Å²) >= 11 is 0. The third-order valence-electron chi connectivity index (χ3n) is 2.52. The van der Waals surface area contributed by atoms with Crippen LogP contribution in [0.15, 0.2) is 59.8 Å². The monoisotopic (exact) mass is 235 g/mol. The zero-order valence-electron chi connectivity index (χ0n) is 10.1. The minimum atomic E-state index is 0.371. The minimum absolute atomic E-state index is 0.371. The Morgan fingerprint density at radius 3 is 2.28 bits per heavy atom.